The van der Waals surface area contributed by atoms with Gasteiger partial charge in [-0.3, -0.25) is 0 Å². The van der Waals surface area contributed by atoms with E-state index in [0.29, 0.717) is 15.6 Å². The molecule has 5 heteroatoms. The molecule has 0 aliphatic heterocycles. The summed E-state index contributed by atoms with van der Waals surface area (Å²) in [5.74, 6) is -0.855. The highest BCUT2D eigenvalue weighted by Crippen LogP contribution is 2.33. The summed E-state index contributed by atoms with van der Waals surface area (Å²) in [5.41, 5.74) is 1.82. The molecule has 0 aromatic heterocycles. The van der Waals surface area contributed by atoms with Crippen LogP contribution in [0.4, 0.5) is 8.78 Å². The van der Waals surface area contributed by atoms with Gasteiger partial charge in [0.1, 0.15) is 11.6 Å². The molecule has 1 N–H and O–H groups in total. The van der Waals surface area contributed by atoms with Gasteiger partial charge in [-0.2, -0.15) is 0 Å². The molecule has 1 nitrogen and oxygen atoms in total. The van der Waals surface area contributed by atoms with Crippen molar-refractivity contribution < 1.29 is 8.78 Å². The maximum atomic E-state index is 14.3. The predicted octanol–water partition coefficient (Wildman–Crippen LogP) is 5.00. The van der Waals surface area contributed by atoms with Gasteiger partial charge in [0.05, 0.1) is 11.1 Å². The van der Waals surface area contributed by atoms with E-state index in [1.165, 1.54) is 12.1 Å². The van der Waals surface area contributed by atoms with Crippen LogP contribution < -0.4 is 5.32 Å². The SMILES string of the molecule is CNC(c1cc(C)cc(F)c1)c1ccc(Br)c(Cl)c1F. The molecule has 2 rings (SSSR count). The van der Waals surface area contributed by atoms with Crippen molar-refractivity contribution in [3.05, 3.63) is 68.2 Å². The fraction of sp³-hybridized carbons (Fsp3) is 0.200. The largest absolute Gasteiger partial charge is 0.309 e. The molecule has 1 unspecified atom stereocenters. The number of nitrogens with one attached hydrogen (secondary N) is 1. The Morgan fingerprint density at radius 1 is 1.20 bits per heavy atom. The third kappa shape index (κ3) is 3.03. The van der Waals surface area contributed by atoms with Crippen LogP contribution in [-0.2, 0) is 0 Å². The molecular weight excluding hydrogens is 348 g/mol. The smallest absolute Gasteiger partial charge is 0.148 e. The fourth-order valence-electron chi connectivity index (χ4n) is 2.20. The molecule has 0 bridgehead atoms. The predicted molar refractivity (Wildman–Crippen MR) is 81.1 cm³/mol. The number of aryl methyl sites for hydroxylation is 1. The van der Waals surface area contributed by atoms with Crippen LogP contribution in [0.1, 0.15) is 22.7 Å². The van der Waals surface area contributed by atoms with E-state index in [4.69, 9.17) is 11.6 Å². The van der Waals surface area contributed by atoms with Crippen LogP contribution in [0.2, 0.25) is 5.02 Å². The quantitative estimate of drug-likeness (QED) is 0.760. The Morgan fingerprint density at radius 3 is 2.50 bits per heavy atom. The number of hydrogen-bond acceptors (Lipinski definition) is 1. The van der Waals surface area contributed by atoms with Crippen molar-refractivity contribution in [3.8, 4) is 0 Å². The summed E-state index contributed by atoms with van der Waals surface area (Å²) in [7, 11) is 1.69. The van der Waals surface area contributed by atoms with Crippen LogP contribution in [0.15, 0.2) is 34.8 Å². The molecule has 20 heavy (non-hydrogen) atoms. The minimum Gasteiger partial charge on any atom is -0.309 e. The van der Waals surface area contributed by atoms with Gasteiger partial charge in [0.2, 0.25) is 0 Å². The van der Waals surface area contributed by atoms with Gasteiger partial charge in [0.15, 0.2) is 0 Å². The van der Waals surface area contributed by atoms with E-state index in [-0.39, 0.29) is 10.8 Å². The molecule has 1 atom stereocenters. The number of benzene rings is 2. The van der Waals surface area contributed by atoms with E-state index in [1.54, 1.807) is 26.1 Å². The third-order valence-corrected chi connectivity index (χ3v) is 4.32. The average molecular weight is 361 g/mol. The van der Waals surface area contributed by atoms with Crippen LogP contribution in [0.25, 0.3) is 0 Å². The first kappa shape index (κ1) is 15.4. The fourth-order valence-corrected chi connectivity index (χ4v) is 2.68. The Bertz CT molecular complexity index is 626. The maximum Gasteiger partial charge on any atom is 0.148 e. The molecule has 2 aromatic carbocycles. The van der Waals surface area contributed by atoms with Gasteiger partial charge in [0, 0.05) is 10.0 Å². The van der Waals surface area contributed by atoms with Gasteiger partial charge in [-0.05, 0) is 59.2 Å². The number of rotatable bonds is 3. The Balaban J connectivity index is 2.55. The standard InChI is InChI=1S/C15H13BrClF2N/c1-8-5-9(7-10(18)6-8)15(20-2)11-3-4-12(16)13(17)14(11)19/h3-7,15,20H,1-2H3. The summed E-state index contributed by atoms with van der Waals surface area (Å²) in [4.78, 5) is 0. The zero-order chi connectivity index (χ0) is 14.9. The normalized spacial score (nSPS) is 12.5. The molecule has 0 radical (unpaired) electrons. The van der Waals surface area contributed by atoms with Crippen molar-refractivity contribution >= 4 is 27.5 Å². The van der Waals surface area contributed by atoms with Crippen molar-refractivity contribution in [2.24, 2.45) is 0 Å². The first-order valence-electron chi connectivity index (χ1n) is 6.01. The zero-order valence-electron chi connectivity index (χ0n) is 11.0. The number of halogens is 4. The monoisotopic (exact) mass is 359 g/mol. The summed E-state index contributed by atoms with van der Waals surface area (Å²) in [6.07, 6.45) is 0. The second kappa shape index (κ2) is 6.20. The molecule has 0 heterocycles. The van der Waals surface area contributed by atoms with Gasteiger partial charge in [0.25, 0.3) is 0 Å². The van der Waals surface area contributed by atoms with Crippen LogP contribution in [0, 0.1) is 18.6 Å². The Kier molecular flexibility index (Phi) is 4.78. The lowest BCUT2D eigenvalue weighted by Crippen LogP contribution is -2.19. The average Bonchev–Trinajstić information content (AvgIpc) is 2.38. The summed E-state index contributed by atoms with van der Waals surface area (Å²) < 4.78 is 28.3. The highest BCUT2D eigenvalue weighted by molar-refractivity contribution is 9.10. The molecule has 0 spiro atoms. The van der Waals surface area contributed by atoms with Gasteiger partial charge >= 0.3 is 0 Å². The van der Waals surface area contributed by atoms with Gasteiger partial charge in [-0.1, -0.05) is 23.7 Å². The molecular formula is C15H13BrClF2N. The summed E-state index contributed by atoms with van der Waals surface area (Å²) in [6.45, 7) is 1.80. The van der Waals surface area contributed by atoms with Crippen LogP contribution >= 0.6 is 27.5 Å². The van der Waals surface area contributed by atoms with Gasteiger partial charge in [-0.15, -0.1) is 0 Å². The lowest BCUT2D eigenvalue weighted by molar-refractivity contribution is 0.571. The lowest BCUT2D eigenvalue weighted by atomic mass is 9.97. The molecule has 0 aliphatic rings. The van der Waals surface area contributed by atoms with E-state index in [9.17, 15) is 8.78 Å². The lowest BCUT2D eigenvalue weighted by Gasteiger charge is -2.19. The second-order valence-electron chi connectivity index (χ2n) is 4.55. The molecule has 0 amide bonds. The highest BCUT2D eigenvalue weighted by Gasteiger charge is 2.20. The van der Waals surface area contributed by atoms with E-state index in [2.05, 4.69) is 21.2 Å². The van der Waals surface area contributed by atoms with Crippen molar-refractivity contribution in [1.82, 2.24) is 5.32 Å². The molecule has 0 saturated heterocycles. The minimum absolute atomic E-state index is 0.0240. The van der Waals surface area contributed by atoms with Gasteiger partial charge < -0.3 is 5.32 Å². The van der Waals surface area contributed by atoms with Crippen LogP contribution in [0.3, 0.4) is 0 Å². The minimum atomic E-state index is -0.512. The van der Waals surface area contributed by atoms with Crippen molar-refractivity contribution in [3.63, 3.8) is 0 Å². The zero-order valence-corrected chi connectivity index (χ0v) is 13.3. The van der Waals surface area contributed by atoms with E-state index in [0.717, 1.165) is 5.56 Å². The Morgan fingerprint density at radius 2 is 1.90 bits per heavy atom. The summed E-state index contributed by atoms with van der Waals surface area (Å²) in [6, 6.07) is 7.49. The van der Waals surface area contributed by atoms with Crippen LogP contribution in [-0.4, -0.2) is 7.05 Å². The van der Waals surface area contributed by atoms with E-state index in [1.807, 2.05) is 6.07 Å². The van der Waals surface area contributed by atoms with E-state index >= 15 is 0 Å². The molecule has 0 saturated carbocycles. The van der Waals surface area contributed by atoms with Crippen molar-refractivity contribution in [1.29, 1.82) is 0 Å². The summed E-state index contributed by atoms with van der Waals surface area (Å²) in [5, 5.41) is 3.02. The number of hydrogen-bond donors (Lipinski definition) is 1. The van der Waals surface area contributed by atoms with E-state index < -0.39 is 11.9 Å². The first-order chi connectivity index (χ1) is 9.43. The van der Waals surface area contributed by atoms with Crippen molar-refractivity contribution in [2.75, 3.05) is 7.05 Å². The molecule has 0 aliphatic carbocycles. The third-order valence-electron chi connectivity index (χ3n) is 3.06. The molecule has 0 fully saturated rings. The molecule has 2 aromatic rings. The van der Waals surface area contributed by atoms with Crippen LogP contribution in [0.5, 0.6) is 0 Å². The molecule has 106 valence electrons. The van der Waals surface area contributed by atoms with Crippen molar-refractivity contribution in [2.45, 2.75) is 13.0 Å². The van der Waals surface area contributed by atoms with Gasteiger partial charge in [-0.25, -0.2) is 8.78 Å². The topological polar surface area (TPSA) is 12.0 Å². The first-order valence-corrected chi connectivity index (χ1v) is 7.19. The maximum absolute atomic E-state index is 14.3. The second-order valence-corrected chi connectivity index (χ2v) is 5.78. The Labute approximate surface area is 130 Å². The Hall–Kier alpha value is -0.970. The summed E-state index contributed by atoms with van der Waals surface area (Å²) >= 11 is 9.09. The highest BCUT2D eigenvalue weighted by atomic mass is 79.9.